The first-order valence-corrected chi connectivity index (χ1v) is 5.57. The monoisotopic (exact) mass is 265 g/mol. The maximum Gasteiger partial charge on any atom is 0.241 e. The second kappa shape index (κ2) is 5.16. The Morgan fingerprint density at radius 2 is 2.21 bits per heavy atom. The summed E-state index contributed by atoms with van der Waals surface area (Å²) in [6.45, 7) is 1.19. The van der Waals surface area contributed by atoms with Gasteiger partial charge < -0.3 is 21.3 Å². The smallest absolute Gasteiger partial charge is 0.241 e. The van der Waals surface area contributed by atoms with Gasteiger partial charge in [-0.15, -0.1) is 0 Å². The minimum atomic E-state index is -1.27. The van der Waals surface area contributed by atoms with Gasteiger partial charge in [-0.2, -0.15) is 15.0 Å². The molecule has 19 heavy (non-hydrogen) atoms. The molecule has 5 N–H and O–H groups in total. The van der Waals surface area contributed by atoms with Gasteiger partial charge in [-0.3, -0.25) is 4.57 Å². The number of nitrogen functional groups attached to an aromatic ring is 1. The number of hydrogen-bond acceptors (Lipinski definition) is 8. The lowest BCUT2D eigenvalue weighted by Crippen LogP contribution is -2.37. The van der Waals surface area contributed by atoms with Crippen LogP contribution in [0, 0.1) is 0 Å². The Morgan fingerprint density at radius 3 is 2.84 bits per heavy atom. The van der Waals surface area contributed by atoms with E-state index in [-0.39, 0.29) is 25.0 Å². The van der Waals surface area contributed by atoms with E-state index in [0.717, 1.165) is 0 Å². The molecule has 1 atom stereocenters. The van der Waals surface area contributed by atoms with Crippen LogP contribution in [0.2, 0.25) is 0 Å². The first kappa shape index (κ1) is 13.2. The summed E-state index contributed by atoms with van der Waals surface area (Å²) in [7, 11) is 0. The van der Waals surface area contributed by atoms with Crippen molar-refractivity contribution in [3.63, 3.8) is 0 Å². The molecule has 0 radical (unpaired) electrons. The summed E-state index contributed by atoms with van der Waals surface area (Å²) in [5.74, 6) is 0.575. The summed E-state index contributed by atoms with van der Waals surface area (Å²) in [4.78, 5) is 15.9. The van der Waals surface area contributed by atoms with Gasteiger partial charge in [-0.05, 0) is 6.92 Å². The number of nitrogens with two attached hydrogens (primary N) is 1. The second-order valence-corrected chi connectivity index (χ2v) is 4.30. The molecular weight excluding hydrogens is 250 g/mol. The molecule has 0 saturated heterocycles. The minimum absolute atomic E-state index is 0.0461. The Bertz CT molecular complexity index is 541. The molecule has 2 heterocycles. The van der Waals surface area contributed by atoms with Crippen LogP contribution in [-0.2, 0) is 0 Å². The summed E-state index contributed by atoms with van der Waals surface area (Å²) in [6.07, 6.45) is 4.79. The van der Waals surface area contributed by atoms with Gasteiger partial charge in [0.1, 0.15) is 11.9 Å². The Kier molecular flexibility index (Phi) is 3.58. The maximum absolute atomic E-state index is 9.68. The van der Waals surface area contributed by atoms with E-state index in [1.165, 1.54) is 13.3 Å². The molecule has 102 valence electrons. The molecule has 0 fully saturated rings. The third-order valence-corrected chi connectivity index (χ3v) is 2.34. The minimum Gasteiger partial charge on any atom is -0.393 e. The van der Waals surface area contributed by atoms with Crippen LogP contribution in [0.1, 0.15) is 6.92 Å². The molecule has 0 spiro atoms. The Hall–Kier alpha value is -2.26. The van der Waals surface area contributed by atoms with Gasteiger partial charge in [-0.25, -0.2) is 4.98 Å². The largest absolute Gasteiger partial charge is 0.393 e. The number of aliphatic hydroxyl groups is 2. The SMILES string of the molecule is CC(O)(CO)CNc1nc(N)nc(-n2ccnc2)n1. The highest BCUT2D eigenvalue weighted by Crippen LogP contribution is 2.09. The van der Waals surface area contributed by atoms with Crippen molar-refractivity contribution in [3.05, 3.63) is 18.7 Å². The summed E-state index contributed by atoms with van der Waals surface area (Å²) in [6, 6.07) is 0. The molecule has 1 unspecified atom stereocenters. The highest BCUT2D eigenvalue weighted by atomic mass is 16.3. The second-order valence-electron chi connectivity index (χ2n) is 4.30. The molecule has 2 aromatic rings. The fraction of sp³-hybridized carbons (Fsp3) is 0.400. The normalized spacial score (nSPS) is 14.1. The predicted molar refractivity (Wildman–Crippen MR) is 67.6 cm³/mol. The summed E-state index contributed by atoms with van der Waals surface area (Å²) in [5, 5.41) is 21.4. The highest BCUT2D eigenvalue weighted by Gasteiger charge is 2.19. The number of nitrogens with zero attached hydrogens (tertiary/aromatic N) is 5. The number of hydrogen-bond donors (Lipinski definition) is 4. The first-order valence-electron chi connectivity index (χ1n) is 5.57. The Labute approximate surface area is 109 Å². The van der Waals surface area contributed by atoms with Crippen molar-refractivity contribution in [2.45, 2.75) is 12.5 Å². The molecular formula is C10H15N7O2. The molecule has 0 amide bonds. The van der Waals surface area contributed by atoms with E-state index in [0.29, 0.717) is 5.95 Å². The van der Waals surface area contributed by atoms with Crippen LogP contribution in [0.3, 0.4) is 0 Å². The third kappa shape index (κ3) is 3.36. The van der Waals surface area contributed by atoms with Gasteiger partial charge in [0.2, 0.25) is 17.8 Å². The lowest BCUT2D eigenvalue weighted by molar-refractivity contribution is 0.0131. The molecule has 9 nitrogen and oxygen atoms in total. The standard InChI is InChI=1S/C10H15N7O2/c1-10(19,5-18)4-13-8-14-7(11)15-9(16-8)17-3-2-12-6-17/h2-3,6,18-19H,4-5H2,1H3,(H3,11,13,14,15,16). The quantitative estimate of drug-likeness (QED) is 0.529. The topological polar surface area (TPSA) is 135 Å². The Balaban J connectivity index is 2.18. The van der Waals surface area contributed by atoms with Gasteiger partial charge in [-0.1, -0.05) is 0 Å². The lowest BCUT2D eigenvalue weighted by Gasteiger charge is -2.20. The van der Waals surface area contributed by atoms with Crippen molar-refractivity contribution in [1.82, 2.24) is 24.5 Å². The van der Waals surface area contributed by atoms with E-state index in [1.54, 1.807) is 17.0 Å². The van der Waals surface area contributed by atoms with Gasteiger partial charge in [0.25, 0.3) is 0 Å². The molecule has 0 aliphatic heterocycles. The molecule has 0 aliphatic carbocycles. The van der Waals surface area contributed by atoms with Crippen LogP contribution in [0.4, 0.5) is 11.9 Å². The number of aliphatic hydroxyl groups excluding tert-OH is 1. The molecule has 2 rings (SSSR count). The Morgan fingerprint density at radius 1 is 1.42 bits per heavy atom. The van der Waals surface area contributed by atoms with E-state index in [4.69, 9.17) is 10.8 Å². The van der Waals surface area contributed by atoms with E-state index >= 15 is 0 Å². The fourth-order valence-corrected chi connectivity index (χ4v) is 1.28. The summed E-state index contributed by atoms with van der Waals surface area (Å²) >= 11 is 0. The maximum atomic E-state index is 9.68. The van der Waals surface area contributed by atoms with E-state index < -0.39 is 5.60 Å². The molecule has 0 aromatic carbocycles. The predicted octanol–water partition coefficient (Wildman–Crippen LogP) is -1.21. The van der Waals surface area contributed by atoms with Crippen LogP contribution >= 0.6 is 0 Å². The summed E-state index contributed by atoms with van der Waals surface area (Å²) < 4.78 is 1.58. The van der Waals surface area contributed by atoms with Crippen LogP contribution in [0.25, 0.3) is 5.95 Å². The van der Waals surface area contributed by atoms with Gasteiger partial charge in [0.05, 0.1) is 6.61 Å². The first-order chi connectivity index (χ1) is 9.00. The van der Waals surface area contributed by atoms with Gasteiger partial charge in [0.15, 0.2) is 0 Å². The number of imidazole rings is 1. The molecule has 0 bridgehead atoms. The van der Waals surface area contributed by atoms with Gasteiger partial charge in [0, 0.05) is 18.9 Å². The van der Waals surface area contributed by atoms with Crippen molar-refractivity contribution < 1.29 is 10.2 Å². The molecule has 2 aromatic heterocycles. The lowest BCUT2D eigenvalue weighted by atomic mass is 10.1. The zero-order valence-corrected chi connectivity index (χ0v) is 10.4. The summed E-state index contributed by atoms with van der Waals surface area (Å²) in [5.41, 5.74) is 4.32. The van der Waals surface area contributed by atoms with E-state index in [2.05, 4.69) is 25.3 Å². The van der Waals surface area contributed by atoms with Crippen LogP contribution < -0.4 is 11.1 Å². The number of nitrogens with one attached hydrogen (secondary N) is 1. The van der Waals surface area contributed by atoms with Crippen LogP contribution in [0.5, 0.6) is 0 Å². The van der Waals surface area contributed by atoms with Crippen molar-refractivity contribution >= 4 is 11.9 Å². The van der Waals surface area contributed by atoms with Crippen LogP contribution in [0.15, 0.2) is 18.7 Å². The average Bonchev–Trinajstić information content (AvgIpc) is 2.90. The van der Waals surface area contributed by atoms with Crippen molar-refractivity contribution in [1.29, 1.82) is 0 Å². The van der Waals surface area contributed by atoms with Gasteiger partial charge >= 0.3 is 0 Å². The van der Waals surface area contributed by atoms with Crippen molar-refractivity contribution in [3.8, 4) is 5.95 Å². The zero-order valence-electron chi connectivity index (χ0n) is 10.4. The average molecular weight is 265 g/mol. The van der Waals surface area contributed by atoms with E-state index in [1.807, 2.05) is 0 Å². The van der Waals surface area contributed by atoms with E-state index in [9.17, 15) is 5.11 Å². The third-order valence-electron chi connectivity index (χ3n) is 2.34. The highest BCUT2D eigenvalue weighted by molar-refractivity contribution is 5.35. The number of aromatic nitrogens is 5. The van der Waals surface area contributed by atoms with Crippen molar-refractivity contribution in [2.75, 3.05) is 24.2 Å². The molecule has 9 heteroatoms. The number of anilines is 2. The molecule has 0 saturated carbocycles. The number of rotatable bonds is 5. The van der Waals surface area contributed by atoms with Crippen LogP contribution in [-0.4, -0.2) is 53.5 Å². The fourth-order valence-electron chi connectivity index (χ4n) is 1.28. The molecule has 0 aliphatic rings. The zero-order chi connectivity index (χ0) is 13.9. The van der Waals surface area contributed by atoms with Crippen molar-refractivity contribution in [2.24, 2.45) is 0 Å².